The van der Waals surface area contributed by atoms with Crippen LogP contribution in [-0.4, -0.2) is 52.2 Å². The largest absolute Gasteiger partial charge is 0.444 e. The van der Waals surface area contributed by atoms with Crippen molar-refractivity contribution in [2.75, 3.05) is 13.2 Å². The molecule has 0 radical (unpaired) electrons. The lowest BCUT2D eigenvalue weighted by atomic mass is 10.1. The van der Waals surface area contributed by atoms with Gasteiger partial charge in [0.05, 0.1) is 6.04 Å². The second-order valence-electron chi connectivity index (χ2n) is 8.43. The number of ether oxygens (including phenoxy) is 3. The van der Waals surface area contributed by atoms with Crippen LogP contribution in [0.4, 0.5) is 9.18 Å². The molecular weight excluding hydrogens is 405 g/mol. The van der Waals surface area contributed by atoms with E-state index in [0.717, 1.165) is 6.42 Å². The van der Waals surface area contributed by atoms with Gasteiger partial charge in [0.2, 0.25) is 5.82 Å². The first-order valence-electron chi connectivity index (χ1n) is 10.5. The maximum atomic E-state index is 13.2. The predicted molar refractivity (Wildman–Crippen MR) is 111 cm³/mol. The van der Waals surface area contributed by atoms with E-state index in [1.807, 2.05) is 27.7 Å². The highest BCUT2D eigenvalue weighted by Gasteiger charge is 2.41. The molecule has 1 aromatic heterocycles. The van der Waals surface area contributed by atoms with Crippen molar-refractivity contribution in [3.8, 4) is 11.5 Å². The van der Waals surface area contributed by atoms with Crippen molar-refractivity contribution in [2.45, 2.75) is 71.5 Å². The number of likely N-dealkylation sites (tertiary alicyclic amines) is 1. The van der Waals surface area contributed by atoms with Crippen LogP contribution in [-0.2, 0) is 14.2 Å². The minimum atomic E-state index is -0.672. The van der Waals surface area contributed by atoms with Crippen LogP contribution in [0.3, 0.4) is 0 Å². The minimum Gasteiger partial charge on any atom is -0.444 e. The molecule has 170 valence electrons. The highest BCUT2D eigenvalue weighted by Crippen LogP contribution is 2.34. The van der Waals surface area contributed by atoms with Crippen LogP contribution in [0.25, 0.3) is 11.5 Å². The van der Waals surface area contributed by atoms with Gasteiger partial charge in [0, 0.05) is 18.7 Å². The molecule has 9 heteroatoms. The molecule has 3 atom stereocenters. The van der Waals surface area contributed by atoms with Crippen LogP contribution >= 0.6 is 0 Å². The number of hydrogen-bond donors (Lipinski definition) is 0. The fraction of sp³-hybridized carbons (Fsp3) is 0.591. The van der Waals surface area contributed by atoms with E-state index in [1.54, 1.807) is 24.0 Å². The van der Waals surface area contributed by atoms with Gasteiger partial charge in [-0.1, -0.05) is 5.16 Å². The molecule has 1 aliphatic heterocycles. The van der Waals surface area contributed by atoms with E-state index in [4.69, 9.17) is 18.7 Å². The van der Waals surface area contributed by atoms with Gasteiger partial charge in [-0.3, -0.25) is 0 Å². The Morgan fingerprint density at radius 1 is 1.32 bits per heavy atom. The smallest absolute Gasteiger partial charge is 0.410 e. The number of hydrogen-bond acceptors (Lipinski definition) is 7. The lowest BCUT2D eigenvalue weighted by Crippen LogP contribution is -2.44. The van der Waals surface area contributed by atoms with Gasteiger partial charge in [-0.2, -0.15) is 4.98 Å². The zero-order valence-corrected chi connectivity index (χ0v) is 18.6. The fourth-order valence-electron chi connectivity index (χ4n) is 3.52. The number of halogens is 1. The normalized spacial score (nSPS) is 18.8. The number of carbonyl (C=O) groups excluding carboxylic acids is 1. The highest BCUT2D eigenvalue weighted by atomic mass is 19.1. The molecule has 2 aromatic rings. The molecule has 2 heterocycles. The molecule has 1 fully saturated rings. The Morgan fingerprint density at radius 3 is 2.68 bits per heavy atom. The number of carbonyl (C=O) groups is 1. The summed E-state index contributed by atoms with van der Waals surface area (Å²) in [5.41, 5.74) is -0.0201. The molecule has 0 bridgehead atoms. The van der Waals surface area contributed by atoms with E-state index < -0.39 is 24.1 Å². The zero-order valence-electron chi connectivity index (χ0n) is 18.6. The quantitative estimate of drug-likeness (QED) is 0.582. The Morgan fingerprint density at radius 2 is 2.03 bits per heavy atom. The molecule has 1 aliphatic rings. The number of nitrogens with zero attached hydrogens (tertiary/aromatic N) is 3. The molecule has 1 amide bonds. The van der Waals surface area contributed by atoms with Crippen molar-refractivity contribution in [2.24, 2.45) is 0 Å². The number of amides is 1. The van der Waals surface area contributed by atoms with Crippen molar-refractivity contribution in [1.82, 2.24) is 15.0 Å². The first-order valence-corrected chi connectivity index (χ1v) is 10.5. The third-order valence-electron chi connectivity index (χ3n) is 4.80. The third kappa shape index (κ3) is 6.01. The Hall–Kier alpha value is -2.52. The van der Waals surface area contributed by atoms with Gasteiger partial charge in [0.1, 0.15) is 17.5 Å². The van der Waals surface area contributed by atoms with Gasteiger partial charge < -0.3 is 23.6 Å². The molecule has 1 aromatic carbocycles. The summed E-state index contributed by atoms with van der Waals surface area (Å²) in [6.07, 6.45) is -0.119. The fourth-order valence-corrected chi connectivity index (χ4v) is 3.52. The van der Waals surface area contributed by atoms with E-state index in [9.17, 15) is 9.18 Å². The average Bonchev–Trinajstić information content (AvgIpc) is 3.36. The summed E-state index contributed by atoms with van der Waals surface area (Å²) >= 11 is 0. The van der Waals surface area contributed by atoms with Crippen molar-refractivity contribution >= 4 is 6.09 Å². The summed E-state index contributed by atoms with van der Waals surface area (Å²) in [6.45, 7) is 10.2. The first kappa shape index (κ1) is 23.1. The molecule has 0 aliphatic carbocycles. The second kappa shape index (κ2) is 9.74. The molecule has 1 saturated heterocycles. The first-order chi connectivity index (χ1) is 14.7. The average molecular weight is 435 g/mol. The maximum absolute atomic E-state index is 13.2. The summed E-state index contributed by atoms with van der Waals surface area (Å²) in [5.74, 6) is 0.190. The van der Waals surface area contributed by atoms with Gasteiger partial charge in [-0.25, -0.2) is 9.18 Å². The molecule has 3 rings (SSSR count). The van der Waals surface area contributed by atoms with Crippen molar-refractivity contribution in [3.05, 3.63) is 35.9 Å². The summed E-state index contributed by atoms with van der Waals surface area (Å²) in [5, 5.41) is 4.10. The van der Waals surface area contributed by atoms with Crippen molar-refractivity contribution in [3.63, 3.8) is 0 Å². The zero-order chi connectivity index (χ0) is 22.6. The maximum Gasteiger partial charge on any atom is 0.410 e. The Bertz CT molecular complexity index is 865. The van der Waals surface area contributed by atoms with E-state index in [1.165, 1.54) is 12.1 Å². The SMILES string of the molecule is CCOC(C)OC(c1noc(-c2ccc(F)cc2)n1)[C@@H]1CCCN1C(=O)OC(C)(C)C. The van der Waals surface area contributed by atoms with E-state index in [-0.39, 0.29) is 17.7 Å². The standard InChI is InChI=1S/C22H30FN3O5/c1-6-28-14(2)29-18(17-8-7-13-26(17)21(27)30-22(3,4)5)19-24-20(31-25-19)15-9-11-16(23)12-10-15/h9-12,14,17-18H,6-8,13H2,1-5H3/t14?,17-,18?/m0/s1. The van der Waals surface area contributed by atoms with Gasteiger partial charge in [-0.15, -0.1) is 0 Å². The van der Waals surface area contributed by atoms with Gasteiger partial charge >= 0.3 is 6.09 Å². The van der Waals surface area contributed by atoms with E-state index >= 15 is 0 Å². The van der Waals surface area contributed by atoms with Crippen LogP contribution in [0.5, 0.6) is 0 Å². The van der Waals surface area contributed by atoms with Crippen LogP contribution in [0, 0.1) is 5.82 Å². The Labute approximate surface area is 181 Å². The Balaban J connectivity index is 1.87. The van der Waals surface area contributed by atoms with E-state index in [2.05, 4.69) is 10.1 Å². The van der Waals surface area contributed by atoms with E-state index in [0.29, 0.717) is 31.0 Å². The summed E-state index contributed by atoms with van der Waals surface area (Å²) in [6, 6.07) is 5.44. The summed E-state index contributed by atoms with van der Waals surface area (Å²) in [4.78, 5) is 18.9. The van der Waals surface area contributed by atoms with Gasteiger partial charge in [-0.05, 0) is 71.7 Å². The highest BCUT2D eigenvalue weighted by molar-refractivity contribution is 5.69. The van der Waals surface area contributed by atoms with Crippen LogP contribution in [0.15, 0.2) is 28.8 Å². The number of rotatable bonds is 7. The second-order valence-corrected chi connectivity index (χ2v) is 8.43. The lowest BCUT2D eigenvalue weighted by molar-refractivity contribution is -0.174. The number of aromatic nitrogens is 2. The lowest BCUT2D eigenvalue weighted by Gasteiger charge is -2.32. The molecule has 0 saturated carbocycles. The molecule has 0 N–H and O–H groups in total. The van der Waals surface area contributed by atoms with Gasteiger partial charge in [0.15, 0.2) is 6.29 Å². The summed E-state index contributed by atoms with van der Waals surface area (Å²) in [7, 11) is 0. The predicted octanol–water partition coefficient (Wildman–Crippen LogP) is 4.72. The molecule has 8 nitrogen and oxygen atoms in total. The monoisotopic (exact) mass is 435 g/mol. The van der Waals surface area contributed by atoms with Crippen LogP contribution in [0.1, 0.15) is 59.4 Å². The van der Waals surface area contributed by atoms with Crippen molar-refractivity contribution in [1.29, 1.82) is 0 Å². The molecule has 0 spiro atoms. The van der Waals surface area contributed by atoms with Crippen molar-refractivity contribution < 1.29 is 27.9 Å². The molecular formula is C22H30FN3O5. The topological polar surface area (TPSA) is 86.9 Å². The van der Waals surface area contributed by atoms with Crippen LogP contribution in [0.2, 0.25) is 0 Å². The number of benzene rings is 1. The Kier molecular flexibility index (Phi) is 7.27. The minimum absolute atomic E-state index is 0.245. The van der Waals surface area contributed by atoms with Crippen LogP contribution < -0.4 is 0 Å². The molecule has 2 unspecified atom stereocenters. The molecule has 31 heavy (non-hydrogen) atoms. The summed E-state index contributed by atoms with van der Waals surface area (Å²) < 4.78 is 35.9. The third-order valence-corrected chi connectivity index (χ3v) is 4.80. The van der Waals surface area contributed by atoms with Gasteiger partial charge in [0.25, 0.3) is 5.89 Å².